The van der Waals surface area contributed by atoms with Crippen molar-refractivity contribution in [2.45, 2.75) is 38.3 Å². The summed E-state index contributed by atoms with van der Waals surface area (Å²) in [7, 11) is 0. The molecule has 5 nitrogen and oxygen atoms in total. The van der Waals surface area contributed by atoms with E-state index in [1.165, 1.54) is 0 Å². The molecule has 0 aromatic carbocycles. The molecule has 3 aromatic rings. The van der Waals surface area contributed by atoms with Gasteiger partial charge in [0, 0.05) is 30.1 Å². The van der Waals surface area contributed by atoms with Gasteiger partial charge >= 0.3 is 0 Å². The van der Waals surface area contributed by atoms with Gasteiger partial charge in [0.2, 0.25) is 0 Å². The molecule has 0 bridgehead atoms. The fourth-order valence-electron chi connectivity index (χ4n) is 3.34. The van der Waals surface area contributed by atoms with Crippen molar-refractivity contribution in [3.05, 3.63) is 41.9 Å². The fourth-order valence-corrected chi connectivity index (χ4v) is 3.50. The predicted octanol–water partition coefficient (Wildman–Crippen LogP) is 3.70. The maximum atomic E-state index is 9.61. The minimum absolute atomic E-state index is 0.113. The number of aromatic nitrogens is 4. The highest BCUT2D eigenvalue weighted by Gasteiger charge is 2.20. The quantitative estimate of drug-likeness (QED) is 0.737. The van der Waals surface area contributed by atoms with E-state index >= 15 is 0 Å². The molecule has 3 aromatic heterocycles. The summed E-state index contributed by atoms with van der Waals surface area (Å²) in [6, 6.07) is 5.61. The number of pyridine rings is 2. The normalized spacial score (nSPS) is 21.2. The van der Waals surface area contributed by atoms with Gasteiger partial charge in [0.05, 0.1) is 23.3 Å². The van der Waals surface area contributed by atoms with Gasteiger partial charge < -0.3 is 5.11 Å². The van der Waals surface area contributed by atoms with Crippen molar-refractivity contribution in [1.82, 2.24) is 19.7 Å². The average Bonchev–Trinajstić information content (AvgIpc) is 3.05. The molecule has 1 aliphatic rings. The number of aliphatic hydroxyl groups is 1. The van der Waals surface area contributed by atoms with Gasteiger partial charge in [0.15, 0.2) is 0 Å². The highest BCUT2D eigenvalue weighted by atomic mass is 35.5. The molecule has 3 heterocycles. The number of hydrogen-bond acceptors (Lipinski definition) is 4. The number of aliphatic hydroxyl groups excluding tert-OH is 1. The van der Waals surface area contributed by atoms with E-state index in [9.17, 15) is 5.11 Å². The number of halogens is 1. The zero-order valence-electron chi connectivity index (χ0n) is 13.3. The van der Waals surface area contributed by atoms with Gasteiger partial charge in [0.25, 0.3) is 0 Å². The Bertz CT molecular complexity index is 855. The van der Waals surface area contributed by atoms with Crippen LogP contribution in [0.4, 0.5) is 0 Å². The van der Waals surface area contributed by atoms with Crippen LogP contribution in [0.2, 0.25) is 5.15 Å². The van der Waals surface area contributed by atoms with Gasteiger partial charge in [-0.05, 0) is 49.8 Å². The molecule has 1 saturated carbocycles. The van der Waals surface area contributed by atoms with Crippen LogP contribution in [-0.4, -0.2) is 31.0 Å². The van der Waals surface area contributed by atoms with Gasteiger partial charge in [-0.3, -0.25) is 9.67 Å². The van der Waals surface area contributed by atoms with Crippen molar-refractivity contribution in [2.75, 3.05) is 0 Å². The van der Waals surface area contributed by atoms with Crippen LogP contribution in [0.3, 0.4) is 0 Å². The zero-order valence-corrected chi connectivity index (χ0v) is 14.0. The first-order valence-electron chi connectivity index (χ1n) is 8.30. The lowest BCUT2D eigenvalue weighted by Crippen LogP contribution is -2.21. The highest BCUT2D eigenvalue weighted by Crippen LogP contribution is 2.27. The van der Waals surface area contributed by atoms with Gasteiger partial charge in [-0.15, -0.1) is 0 Å². The van der Waals surface area contributed by atoms with Crippen LogP contribution >= 0.6 is 11.6 Å². The Morgan fingerprint density at radius 1 is 1.08 bits per heavy atom. The second-order valence-corrected chi connectivity index (χ2v) is 6.91. The van der Waals surface area contributed by atoms with Crippen LogP contribution in [0, 0.1) is 5.92 Å². The molecule has 0 spiro atoms. The zero-order chi connectivity index (χ0) is 16.5. The molecule has 1 aliphatic carbocycles. The van der Waals surface area contributed by atoms with Crippen LogP contribution in [0.5, 0.6) is 0 Å². The summed E-state index contributed by atoms with van der Waals surface area (Å²) in [5, 5.41) is 14.6. The van der Waals surface area contributed by atoms with Crippen molar-refractivity contribution < 1.29 is 5.11 Å². The molecule has 0 atom stereocenters. The van der Waals surface area contributed by atoms with E-state index in [4.69, 9.17) is 11.6 Å². The number of hydrogen-bond donors (Lipinski definition) is 1. The first-order valence-corrected chi connectivity index (χ1v) is 8.68. The molecular weight excluding hydrogens is 324 g/mol. The highest BCUT2D eigenvalue weighted by molar-refractivity contribution is 6.29. The lowest BCUT2D eigenvalue weighted by atomic mass is 9.87. The van der Waals surface area contributed by atoms with Crippen LogP contribution in [-0.2, 0) is 6.54 Å². The third-order valence-corrected chi connectivity index (χ3v) is 4.94. The number of nitrogens with zero attached hydrogens (tertiary/aromatic N) is 4. The Kier molecular flexibility index (Phi) is 4.21. The fraction of sp³-hybridized carbons (Fsp3) is 0.389. The van der Waals surface area contributed by atoms with Crippen LogP contribution in [0.15, 0.2) is 36.8 Å². The Labute approximate surface area is 145 Å². The smallest absolute Gasteiger partial charge is 0.129 e. The summed E-state index contributed by atoms with van der Waals surface area (Å²) < 4.78 is 1.99. The second kappa shape index (κ2) is 6.49. The molecule has 0 unspecified atom stereocenters. The molecule has 0 amide bonds. The minimum Gasteiger partial charge on any atom is -0.393 e. The van der Waals surface area contributed by atoms with E-state index in [-0.39, 0.29) is 6.10 Å². The van der Waals surface area contributed by atoms with E-state index in [1.54, 1.807) is 6.07 Å². The van der Waals surface area contributed by atoms with Gasteiger partial charge in [-0.25, -0.2) is 4.98 Å². The maximum Gasteiger partial charge on any atom is 0.129 e. The summed E-state index contributed by atoms with van der Waals surface area (Å²) in [5.74, 6) is 0.594. The van der Waals surface area contributed by atoms with Gasteiger partial charge in [0.1, 0.15) is 5.15 Å². The molecule has 1 N–H and O–H groups in total. The molecule has 124 valence electrons. The van der Waals surface area contributed by atoms with Crippen molar-refractivity contribution in [1.29, 1.82) is 0 Å². The standard InChI is InChI=1S/C18H19ClN4O/c19-18-6-5-16-17(22-18)7-13(8-20-16)14-9-21-23(11-14)10-12-1-3-15(24)4-2-12/h5-9,11-12,15,24H,1-4,10H2/t12-,15-. The van der Waals surface area contributed by atoms with Crippen LogP contribution < -0.4 is 0 Å². The molecule has 0 saturated heterocycles. The summed E-state index contributed by atoms with van der Waals surface area (Å²) in [6.07, 6.45) is 9.59. The predicted molar refractivity (Wildman–Crippen MR) is 93.7 cm³/mol. The Balaban J connectivity index is 1.54. The summed E-state index contributed by atoms with van der Waals surface area (Å²) in [6.45, 7) is 0.901. The van der Waals surface area contributed by atoms with Crippen LogP contribution in [0.25, 0.3) is 22.2 Å². The van der Waals surface area contributed by atoms with Crippen molar-refractivity contribution in [3.8, 4) is 11.1 Å². The van der Waals surface area contributed by atoms with E-state index in [1.807, 2.05) is 29.2 Å². The topological polar surface area (TPSA) is 63.8 Å². The first-order chi connectivity index (χ1) is 11.7. The minimum atomic E-state index is -0.113. The van der Waals surface area contributed by atoms with Crippen LogP contribution in [0.1, 0.15) is 25.7 Å². The molecular formula is C18H19ClN4O. The SMILES string of the molecule is O[C@H]1CC[C@H](Cn2cc(-c3cnc4ccc(Cl)nc4c3)cn2)CC1. The summed E-state index contributed by atoms with van der Waals surface area (Å²) >= 11 is 5.97. The van der Waals surface area contributed by atoms with E-state index in [2.05, 4.69) is 21.3 Å². The van der Waals surface area contributed by atoms with Gasteiger partial charge in [-0.1, -0.05) is 11.6 Å². The molecule has 4 rings (SSSR count). The van der Waals surface area contributed by atoms with Crippen molar-refractivity contribution in [3.63, 3.8) is 0 Å². The lowest BCUT2D eigenvalue weighted by Gasteiger charge is -2.25. The Morgan fingerprint density at radius 3 is 2.75 bits per heavy atom. The molecule has 0 aliphatic heterocycles. The summed E-state index contributed by atoms with van der Waals surface area (Å²) in [4.78, 5) is 8.77. The van der Waals surface area contributed by atoms with E-state index < -0.39 is 0 Å². The van der Waals surface area contributed by atoms with Crippen molar-refractivity contribution >= 4 is 22.6 Å². The average molecular weight is 343 g/mol. The largest absolute Gasteiger partial charge is 0.393 e. The number of rotatable bonds is 3. The number of fused-ring (bicyclic) bond motifs is 1. The van der Waals surface area contributed by atoms with E-state index in [0.717, 1.165) is 54.4 Å². The lowest BCUT2D eigenvalue weighted by molar-refractivity contribution is 0.103. The monoisotopic (exact) mass is 342 g/mol. The third-order valence-electron chi connectivity index (χ3n) is 4.73. The second-order valence-electron chi connectivity index (χ2n) is 6.52. The molecule has 24 heavy (non-hydrogen) atoms. The summed E-state index contributed by atoms with van der Waals surface area (Å²) in [5.41, 5.74) is 3.63. The van der Waals surface area contributed by atoms with Crippen molar-refractivity contribution in [2.24, 2.45) is 5.92 Å². The molecule has 1 fully saturated rings. The third kappa shape index (κ3) is 3.28. The van der Waals surface area contributed by atoms with Gasteiger partial charge in [-0.2, -0.15) is 5.10 Å². The maximum absolute atomic E-state index is 9.61. The van der Waals surface area contributed by atoms with E-state index in [0.29, 0.717) is 11.1 Å². The first kappa shape index (κ1) is 15.5. The molecule has 0 radical (unpaired) electrons. The molecule has 6 heteroatoms. The Hall–Kier alpha value is -1.98. The Morgan fingerprint density at radius 2 is 1.92 bits per heavy atom.